The van der Waals surface area contributed by atoms with Crippen LogP contribution in [0.1, 0.15) is 21.5 Å². The van der Waals surface area contributed by atoms with Gasteiger partial charge in [-0.2, -0.15) is 5.26 Å². The molecule has 0 saturated carbocycles. The molecule has 0 aromatic heterocycles. The zero-order valence-corrected chi connectivity index (χ0v) is 18.6. The van der Waals surface area contributed by atoms with Gasteiger partial charge in [-0.3, -0.25) is 0 Å². The number of hydrogen-bond donors (Lipinski definition) is 0. The van der Waals surface area contributed by atoms with Crippen LogP contribution in [0, 0.1) is 11.3 Å². The Bertz CT molecular complexity index is 1290. The molecule has 0 bridgehead atoms. The van der Waals surface area contributed by atoms with Crippen LogP contribution in [0.25, 0.3) is 6.08 Å². The number of nitrogens with zero attached hydrogens (tertiary/aromatic N) is 1. The molecule has 0 fully saturated rings. The second-order valence-electron chi connectivity index (χ2n) is 6.59. The fourth-order valence-electron chi connectivity index (χ4n) is 2.80. The Labute approximate surface area is 191 Å². The van der Waals surface area contributed by atoms with E-state index >= 15 is 0 Å². The summed E-state index contributed by atoms with van der Waals surface area (Å²) in [6.07, 6.45) is 1.28. The van der Waals surface area contributed by atoms with Crippen molar-refractivity contribution in [3.8, 4) is 11.8 Å². The number of methoxy groups -OCH3 is 1. The summed E-state index contributed by atoms with van der Waals surface area (Å²) in [5.41, 5.74) is 1.66. The van der Waals surface area contributed by atoms with Crippen LogP contribution in [-0.4, -0.2) is 21.5 Å². The lowest BCUT2D eigenvalue weighted by Crippen LogP contribution is -2.04. The second kappa shape index (κ2) is 10.1. The first-order valence-corrected chi connectivity index (χ1v) is 11.2. The zero-order chi connectivity index (χ0) is 23.1. The monoisotopic (exact) mass is 467 g/mol. The van der Waals surface area contributed by atoms with Crippen molar-refractivity contribution in [1.82, 2.24) is 0 Å². The highest BCUT2D eigenvalue weighted by molar-refractivity contribution is 7.95. The van der Waals surface area contributed by atoms with Gasteiger partial charge < -0.3 is 9.47 Å². The molecule has 3 aromatic carbocycles. The van der Waals surface area contributed by atoms with Gasteiger partial charge in [0.1, 0.15) is 23.3 Å². The number of carbonyl (C=O) groups excluding carboxylic acids is 1. The van der Waals surface area contributed by atoms with Gasteiger partial charge in [-0.1, -0.05) is 41.9 Å². The third kappa shape index (κ3) is 5.35. The van der Waals surface area contributed by atoms with Gasteiger partial charge in [0.2, 0.25) is 9.84 Å². The molecule has 0 unspecified atom stereocenters. The number of nitriles is 1. The first-order chi connectivity index (χ1) is 15.3. The summed E-state index contributed by atoms with van der Waals surface area (Å²) in [7, 11) is -2.71. The van der Waals surface area contributed by atoms with Gasteiger partial charge in [0.25, 0.3) is 0 Å². The van der Waals surface area contributed by atoms with E-state index in [1.165, 1.54) is 37.5 Å². The van der Waals surface area contributed by atoms with Crippen molar-refractivity contribution in [3.05, 3.63) is 99.4 Å². The SMILES string of the molecule is COC(=O)c1ccc(COc2ccccc2C=C(C#N)S(=O)(=O)c2ccc(Cl)cc2)cc1. The van der Waals surface area contributed by atoms with Crippen LogP contribution in [-0.2, 0) is 21.2 Å². The largest absolute Gasteiger partial charge is 0.488 e. The van der Waals surface area contributed by atoms with E-state index in [9.17, 15) is 18.5 Å². The van der Waals surface area contributed by atoms with Crippen molar-refractivity contribution in [2.24, 2.45) is 0 Å². The van der Waals surface area contributed by atoms with Crippen LogP contribution in [0.5, 0.6) is 5.75 Å². The molecule has 8 heteroatoms. The first kappa shape index (κ1) is 23.1. The van der Waals surface area contributed by atoms with E-state index in [-0.39, 0.29) is 11.5 Å². The Morgan fingerprint density at radius 3 is 2.31 bits per heavy atom. The molecule has 0 atom stereocenters. The van der Waals surface area contributed by atoms with E-state index in [0.717, 1.165) is 5.56 Å². The highest BCUT2D eigenvalue weighted by atomic mass is 35.5. The van der Waals surface area contributed by atoms with Gasteiger partial charge in [-0.25, -0.2) is 13.2 Å². The Morgan fingerprint density at radius 1 is 1.03 bits per heavy atom. The third-order valence-corrected chi connectivity index (χ3v) is 6.43. The van der Waals surface area contributed by atoms with E-state index in [0.29, 0.717) is 21.9 Å². The number of rotatable bonds is 7. The summed E-state index contributed by atoms with van der Waals surface area (Å²) in [6.45, 7) is 0.179. The highest BCUT2D eigenvalue weighted by Gasteiger charge is 2.21. The quantitative estimate of drug-likeness (QED) is 0.357. The fraction of sp³-hybridized carbons (Fsp3) is 0.0833. The molecule has 0 saturated heterocycles. The van der Waals surface area contributed by atoms with Gasteiger partial charge in [-0.15, -0.1) is 0 Å². The maximum Gasteiger partial charge on any atom is 0.337 e. The predicted molar refractivity (Wildman–Crippen MR) is 121 cm³/mol. The fourth-order valence-corrected chi connectivity index (χ4v) is 4.08. The Hall–Kier alpha value is -3.60. The summed E-state index contributed by atoms with van der Waals surface area (Å²) in [6, 6.07) is 20.9. The average molecular weight is 468 g/mol. The molecule has 0 aliphatic rings. The van der Waals surface area contributed by atoms with Gasteiger partial charge in [0.05, 0.1) is 17.6 Å². The molecule has 0 aliphatic heterocycles. The molecular weight excluding hydrogens is 450 g/mol. The van der Waals surface area contributed by atoms with Crippen molar-refractivity contribution < 1.29 is 22.7 Å². The molecule has 0 heterocycles. The van der Waals surface area contributed by atoms with Crippen molar-refractivity contribution >= 4 is 33.5 Å². The van der Waals surface area contributed by atoms with E-state index in [1.807, 2.05) is 0 Å². The summed E-state index contributed by atoms with van der Waals surface area (Å²) in [4.78, 5) is 11.1. The molecule has 0 aliphatic carbocycles. The van der Waals surface area contributed by atoms with E-state index in [1.54, 1.807) is 54.6 Å². The van der Waals surface area contributed by atoms with E-state index < -0.39 is 20.7 Å². The number of ether oxygens (including phenoxy) is 2. The van der Waals surface area contributed by atoms with Crippen molar-refractivity contribution in [2.45, 2.75) is 11.5 Å². The predicted octanol–water partition coefficient (Wildman–Crippen LogP) is 5.04. The lowest BCUT2D eigenvalue weighted by atomic mass is 10.1. The minimum atomic E-state index is -4.02. The summed E-state index contributed by atoms with van der Waals surface area (Å²) in [5, 5.41) is 9.92. The Balaban J connectivity index is 1.85. The van der Waals surface area contributed by atoms with Gasteiger partial charge in [0.15, 0.2) is 0 Å². The van der Waals surface area contributed by atoms with Crippen molar-refractivity contribution in [2.75, 3.05) is 7.11 Å². The molecule has 32 heavy (non-hydrogen) atoms. The smallest absolute Gasteiger partial charge is 0.337 e. The van der Waals surface area contributed by atoms with Gasteiger partial charge in [0, 0.05) is 10.6 Å². The normalized spacial score (nSPS) is 11.5. The highest BCUT2D eigenvalue weighted by Crippen LogP contribution is 2.27. The lowest BCUT2D eigenvalue weighted by Gasteiger charge is -2.10. The standard InChI is InChI=1S/C24H18ClNO5S/c1-30-24(27)18-8-6-17(7-9-18)16-31-23-5-3-2-4-19(23)14-22(15-26)32(28,29)21-12-10-20(25)11-13-21/h2-14H,16H2,1H3. The Kier molecular flexibility index (Phi) is 7.31. The number of hydrogen-bond acceptors (Lipinski definition) is 6. The molecule has 6 nitrogen and oxygen atoms in total. The number of benzene rings is 3. The van der Waals surface area contributed by atoms with Crippen LogP contribution in [0.2, 0.25) is 5.02 Å². The molecule has 0 amide bonds. The Morgan fingerprint density at radius 2 is 1.69 bits per heavy atom. The van der Waals surface area contributed by atoms with Crippen LogP contribution in [0.15, 0.2) is 82.6 Å². The molecule has 0 radical (unpaired) electrons. The lowest BCUT2D eigenvalue weighted by molar-refractivity contribution is 0.0600. The van der Waals surface area contributed by atoms with E-state index in [2.05, 4.69) is 4.74 Å². The maximum atomic E-state index is 12.9. The summed E-state index contributed by atoms with van der Waals surface area (Å²) >= 11 is 5.83. The summed E-state index contributed by atoms with van der Waals surface area (Å²) < 4.78 is 36.3. The molecule has 3 rings (SSSR count). The molecule has 162 valence electrons. The number of sulfone groups is 1. The van der Waals surface area contributed by atoms with Crippen molar-refractivity contribution in [3.63, 3.8) is 0 Å². The molecule has 0 N–H and O–H groups in total. The molecule has 0 spiro atoms. The summed E-state index contributed by atoms with van der Waals surface area (Å²) in [5.74, 6) is -0.0255. The number of halogens is 1. The number of para-hydroxylation sites is 1. The zero-order valence-electron chi connectivity index (χ0n) is 17.0. The number of esters is 1. The number of allylic oxidation sites excluding steroid dienone is 1. The third-order valence-electron chi connectivity index (χ3n) is 4.50. The minimum Gasteiger partial charge on any atom is -0.488 e. The van der Waals surface area contributed by atoms with Crippen LogP contribution in [0.3, 0.4) is 0 Å². The minimum absolute atomic E-state index is 0.0289. The van der Waals surface area contributed by atoms with Crippen LogP contribution >= 0.6 is 11.6 Å². The first-order valence-electron chi connectivity index (χ1n) is 9.36. The topological polar surface area (TPSA) is 93.5 Å². The molecular formula is C24H18ClNO5S. The average Bonchev–Trinajstić information content (AvgIpc) is 2.81. The van der Waals surface area contributed by atoms with Gasteiger partial charge >= 0.3 is 5.97 Å². The van der Waals surface area contributed by atoms with Crippen LogP contribution < -0.4 is 4.74 Å². The van der Waals surface area contributed by atoms with Crippen LogP contribution in [0.4, 0.5) is 0 Å². The maximum absolute atomic E-state index is 12.9. The molecule has 3 aromatic rings. The van der Waals surface area contributed by atoms with Crippen molar-refractivity contribution in [1.29, 1.82) is 5.26 Å². The second-order valence-corrected chi connectivity index (χ2v) is 8.95. The van der Waals surface area contributed by atoms with Gasteiger partial charge in [-0.05, 0) is 54.1 Å². The number of carbonyl (C=O) groups is 1. The van der Waals surface area contributed by atoms with E-state index in [4.69, 9.17) is 16.3 Å².